The lowest BCUT2D eigenvalue weighted by molar-refractivity contribution is 0.619. The quantitative estimate of drug-likeness (QED) is 0.580. The van der Waals surface area contributed by atoms with Gasteiger partial charge in [0.25, 0.3) is 0 Å². The first-order chi connectivity index (χ1) is 11.1. The molecule has 1 aromatic carbocycles. The van der Waals surface area contributed by atoms with E-state index in [1.165, 1.54) is 12.3 Å². The summed E-state index contributed by atoms with van der Waals surface area (Å²) in [6, 6.07) is 10.9. The first-order valence-electron chi connectivity index (χ1n) is 7.77. The van der Waals surface area contributed by atoms with E-state index < -0.39 is 0 Å². The zero-order valence-electron chi connectivity index (χ0n) is 13.5. The molecule has 0 fully saturated rings. The summed E-state index contributed by atoms with van der Waals surface area (Å²) in [7, 11) is 0. The fraction of sp³-hybridized carbons (Fsp3) is 0.278. The molecule has 4 nitrogen and oxygen atoms in total. The van der Waals surface area contributed by atoms with Crippen LogP contribution in [-0.2, 0) is 6.42 Å². The molecule has 23 heavy (non-hydrogen) atoms. The number of rotatable bonds is 4. The van der Waals surface area contributed by atoms with Crippen LogP contribution < -0.4 is 0 Å². The minimum Gasteiger partial charge on any atom is -0.280 e. The zero-order chi connectivity index (χ0) is 16.4. The van der Waals surface area contributed by atoms with Crippen molar-refractivity contribution in [3.8, 4) is 0 Å². The minimum absolute atomic E-state index is 0.174. The summed E-state index contributed by atoms with van der Waals surface area (Å²) in [6.07, 6.45) is 2.28. The van der Waals surface area contributed by atoms with Crippen molar-refractivity contribution >= 4 is 17.2 Å². The normalized spacial score (nSPS) is 11.9. The second-order valence-corrected chi connectivity index (χ2v) is 5.73. The highest BCUT2D eigenvalue weighted by Gasteiger charge is 2.15. The van der Waals surface area contributed by atoms with Gasteiger partial charge in [0, 0.05) is 6.20 Å². The Hall–Kier alpha value is -2.56. The second-order valence-electron chi connectivity index (χ2n) is 5.73. The molecule has 2 heterocycles. The van der Waals surface area contributed by atoms with Crippen molar-refractivity contribution in [1.82, 2.24) is 9.38 Å². The Morgan fingerprint density at radius 1 is 1.13 bits per heavy atom. The molecule has 0 aliphatic heterocycles. The Morgan fingerprint density at radius 3 is 2.65 bits per heavy atom. The summed E-state index contributed by atoms with van der Waals surface area (Å²) in [5.74, 6) is 0.435. The monoisotopic (exact) mass is 310 g/mol. The second kappa shape index (κ2) is 6.28. The van der Waals surface area contributed by atoms with E-state index in [2.05, 4.69) is 22.1 Å². The van der Waals surface area contributed by atoms with Crippen molar-refractivity contribution in [2.75, 3.05) is 0 Å². The van der Waals surface area contributed by atoms with Gasteiger partial charge >= 0.3 is 0 Å². The predicted octanol–water partition coefficient (Wildman–Crippen LogP) is 5.57. The lowest BCUT2D eigenvalue weighted by Crippen LogP contribution is -1.88. The van der Waals surface area contributed by atoms with Crippen LogP contribution in [0.1, 0.15) is 37.9 Å². The highest BCUT2D eigenvalue weighted by atomic mass is 19.1. The molecule has 0 atom stereocenters. The van der Waals surface area contributed by atoms with Crippen molar-refractivity contribution in [3.05, 3.63) is 59.7 Å². The summed E-state index contributed by atoms with van der Waals surface area (Å²) in [4.78, 5) is 4.55. The Morgan fingerprint density at radius 2 is 1.91 bits per heavy atom. The fourth-order valence-electron chi connectivity index (χ4n) is 2.52. The van der Waals surface area contributed by atoms with E-state index in [1.54, 1.807) is 10.5 Å². The number of aromatic nitrogens is 2. The Kier molecular flexibility index (Phi) is 4.19. The van der Waals surface area contributed by atoms with Gasteiger partial charge in [0.15, 0.2) is 5.82 Å². The van der Waals surface area contributed by atoms with Crippen molar-refractivity contribution in [2.24, 2.45) is 10.2 Å². The van der Waals surface area contributed by atoms with Gasteiger partial charge in [0.2, 0.25) is 0 Å². The van der Waals surface area contributed by atoms with Gasteiger partial charge in [-0.15, -0.1) is 10.2 Å². The van der Waals surface area contributed by atoms with Crippen LogP contribution in [0.15, 0.2) is 52.8 Å². The average molecular weight is 310 g/mol. The van der Waals surface area contributed by atoms with Crippen LogP contribution in [0.25, 0.3) is 5.65 Å². The standard InChI is InChI=1S/C18H19FN4/c1-4-13-7-5-6-8-15(13)21-22-18-17(12(2)3)20-16-10-9-14(19)11-23(16)18/h5-12H,4H2,1-3H3. The van der Waals surface area contributed by atoms with Gasteiger partial charge in [-0.1, -0.05) is 39.0 Å². The van der Waals surface area contributed by atoms with Crippen molar-refractivity contribution in [1.29, 1.82) is 0 Å². The van der Waals surface area contributed by atoms with Gasteiger partial charge in [-0.05, 0) is 36.1 Å². The SMILES string of the molecule is CCc1ccccc1N=Nc1c(C(C)C)nc2ccc(F)cn12. The highest BCUT2D eigenvalue weighted by Crippen LogP contribution is 2.30. The van der Waals surface area contributed by atoms with Crippen molar-refractivity contribution in [2.45, 2.75) is 33.1 Å². The summed E-state index contributed by atoms with van der Waals surface area (Å²) in [6.45, 7) is 6.16. The number of aryl methyl sites for hydroxylation is 1. The summed E-state index contributed by atoms with van der Waals surface area (Å²) < 4.78 is 15.2. The molecule has 0 radical (unpaired) electrons. The third kappa shape index (κ3) is 2.99. The minimum atomic E-state index is -0.324. The maximum atomic E-state index is 13.6. The van der Waals surface area contributed by atoms with Gasteiger partial charge in [0.1, 0.15) is 11.5 Å². The lowest BCUT2D eigenvalue weighted by atomic mass is 10.1. The van der Waals surface area contributed by atoms with Crippen LogP contribution in [0.3, 0.4) is 0 Å². The fourth-order valence-corrected chi connectivity index (χ4v) is 2.52. The van der Waals surface area contributed by atoms with E-state index in [9.17, 15) is 4.39 Å². The number of hydrogen-bond donors (Lipinski definition) is 0. The molecule has 0 spiro atoms. The van der Waals surface area contributed by atoms with Crippen LogP contribution in [0.4, 0.5) is 15.9 Å². The van der Waals surface area contributed by atoms with E-state index >= 15 is 0 Å². The lowest BCUT2D eigenvalue weighted by Gasteiger charge is -2.03. The third-order valence-corrected chi connectivity index (χ3v) is 3.76. The van der Waals surface area contributed by atoms with Gasteiger partial charge in [-0.3, -0.25) is 4.40 Å². The molecule has 0 N–H and O–H groups in total. The Labute approximate surface area is 134 Å². The number of hydrogen-bond acceptors (Lipinski definition) is 3. The zero-order valence-corrected chi connectivity index (χ0v) is 13.5. The van der Waals surface area contributed by atoms with Crippen LogP contribution in [0.5, 0.6) is 0 Å². The molecule has 5 heteroatoms. The smallest absolute Gasteiger partial charge is 0.183 e. The maximum Gasteiger partial charge on any atom is 0.183 e. The Balaban J connectivity index is 2.13. The topological polar surface area (TPSA) is 42.0 Å². The molecule has 118 valence electrons. The largest absolute Gasteiger partial charge is 0.280 e. The van der Waals surface area contributed by atoms with Crippen LogP contribution in [0.2, 0.25) is 0 Å². The molecule has 3 aromatic rings. The van der Waals surface area contributed by atoms with E-state index in [4.69, 9.17) is 0 Å². The molecule has 0 saturated heterocycles. The number of benzene rings is 1. The molecule has 0 saturated carbocycles. The molecule has 2 aromatic heterocycles. The van der Waals surface area contributed by atoms with E-state index in [0.717, 1.165) is 23.4 Å². The number of fused-ring (bicyclic) bond motifs is 1. The molecule has 3 rings (SSSR count). The molecule has 0 bridgehead atoms. The average Bonchev–Trinajstić information content (AvgIpc) is 2.91. The van der Waals surface area contributed by atoms with Crippen LogP contribution in [-0.4, -0.2) is 9.38 Å². The molecule has 0 amide bonds. The first kappa shape index (κ1) is 15.3. The predicted molar refractivity (Wildman–Crippen MR) is 89.2 cm³/mol. The number of nitrogens with zero attached hydrogens (tertiary/aromatic N) is 4. The van der Waals surface area contributed by atoms with Crippen molar-refractivity contribution in [3.63, 3.8) is 0 Å². The summed E-state index contributed by atoms with van der Waals surface area (Å²) in [5, 5.41) is 8.78. The third-order valence-electron chi connectivity index (χ3n) is 3.76. The van der Waals surface area contributed by atoms with Gasteiger partial charge in [-0.25, -0.2) is 9.37 Å². The number of pyridine rings is 1. The Bertz CT molecular complexity index is 865. The van der Waals surface area contributed by atoms with Crippen molar-refractivity contribution < 1.29 is 4.39 Å². The van der Waals surface area contributed by atoms with E-state index in [1.807, 2.05) is 38.1 Å². The first-order valence-corrected chi connectivity index (χ1v) is 7.77. The molecule has 0 unspecified atom stereocenters. The molecule has 0 aliphatic carbocycles. The van der Waals surface area contributed by atoms with Crippen LogP contribution in [0, 0.1) is 5.82 Å². The summed E-state index contributed by atoms with van der Waals surface area (Å²) >= 11 is 0. The summed E-state index contributed by atoms with van der Waals surface area (Å²) in [5.41, 5.74) is 3.44. The van der Waals surface area contributed by atoms with Crippen LogP contribution >= 0.6 is 0 Å². The van der Waals surface area contributed by atoms with Gasteiger partial charge in [-0.2, -0.15) is 0 Å². The van der Waals surface area contributed by atoms with E-state index in [0.29, 0.717) is 11.5 Å². The highest BCUT2D eigenvalue weighted by molar-refractivity contribution is 5.53. The van der Waals surface area contributed by atoms with E-state index in [-0.39, 0.29) is 11.7 Å². The molecular formula is C18H19FN4. The molecular weight excluding hydrogens is 291 g/mol. The number of halogens is 1. The maximum absolute atomic E-state index is 13.6. The number of imidazole rings is 1. The van der Waals surface area contributed by atoms with Gasteiger partial charge < -0.3 is 0 Å². The number of azo groups is 1. The van der Waals surface area contributed by atoms with Gasteiger partial charge in [0.05, 0.1) is 11.4 Å². The molecule has 0 aliphatic rings.